The predicted octanol–water partition coefficient (Wildman–Crippen LogP) is 5.83. The van der Waals surface area contributed by atoms with E-state index in [1.165, 1.54) is 0 Å². The van der Waals surface area contributed by atoms with E-state index >= 15 is 0 Å². The zero-order valence-electron chi connectivity index (χ0n) is 17.7. The Hall–Kier alpha value is -2.61. The van der Waals surface area contributed by atoms with Gasteiger partial charge in [0.2, 0.25) is 11.8 Å². The molecule has 0 saturated heterocycles. The molecule has 0 amide bonds. The van der Waals surface area contributed by atoms with Gasteiger partial charge in [-0.1, -0.05) is 29.3 Å². The van der Waals surface area contributed by atoms with Crippen LogP contribution in [0, 0.1) is 21.8 Å². The first-order chi connectivity index (χ1) is 15.8. The molecule has 1 atom stereocenters. The number of fused-ring (bicyclic) bond motifs is 1. The van der Waals surface area contributed by atoms with Gasteiger partial charge in [-0.25, -0.2) is 0 Å². The molecule has 1 aliphatic heterocycles. The zero-order valence-corrected chi connectivity index (χ0v) is 21.4. The van der Waals surface area contributed by atoms with Gasteiger partial charge in [0, 0.05) is 11.3 Å². The van der Waals surface area contributed by atoms with E-state index in [0.717, 1.165) is 26.0 Å². The highest BCUT2D eigenvalue weighted by molar-refractivity contribution is 14.1. The quantitative estimate of drug-likeness (QED) is 0.347. The molecule has 1 aliphatic rings. The molecule has 0 saturated carbocycles. The van der Waals surface area contributed by atoms with Gasteiger partial charge in [-0.2, -0.15) is 5.26 Å². The maximum Gasteiger partial charge on any atom is 0.244 e. The SMILES string of the molecule is CCOc1cc([C@H]2C(C#N)=C(N)Oc3n[nH]c(C)c32)cc(I)c1OCc1ccc(Cl)c(Cl)c1. The van der Waals surface area contributed by atoms with Gasteiger partial charge in [-0.15, -0.1) is 5.10 Å². The molecule has 0 radical (unpaired) electrons. The second-order valence-electron chi connectivity index (χ2n) is 7.29. The number of rotatable bonds is 6. The lowest BCUT2D eigenvalue weighted by atomic mass is 9.84. The number of aryl methyl sites for hydroxylation is 1. The average Bonchev–Trinajstić information content (AvgIpc) is 3.14. The number of hydrogen-bond acceptors (Lipinski definition) is 6. The molecule has 3 aromatic rings. The first-order valence-corrected chi connectivity index (χ1v) is 11.8. The van der Waals surface area contributed by atoms with E-state index in [2.05, 4.69) is 38.9 Å². The number of nitrogens with one attached hydrogen (secondary N) is 1. The summed E-state index contributed by atoms with van der Waals surface area (Å²) in [5, 5.41) is 17.9. The van der Waals surface area contributed by atoms with Crippen LogP contribution in [0.3, 0.4) is 0 Å². The lowest BCUT2D eigenvalue weighted by molar-refractivity contribution is 0.267. The lowest BCUT2D eigenvalue weighted by Crippen LogP contribution is -2.21. The van der Waals surface area contributed by atoms with Crippen molar-refractivity contribution in [3.63, 3.8) is 0 Å². The normalized spacial score (nSPS) is 15.0. The minimum absolute atomic E-state index is 0.0365. The van der Waals surface area contributed by atoms with Gasteiger partial charge in [0.25, 0.3) is 0 Å². The van der Waals surface area contributed by atoms with Crippen molar-refractivity contribution >= 4 is 45.8 Å². The third-order valence-corrected chi connectivity index (χ3v) is 6.70. The Morgan fingerprint density at radius 1 is 1.24 bits per heavy atom. The first kappa shape index (κ1) is 23.5. The number of hydrogen-bond donors (Lipinski definition) is 2. The number of benzene rings is 2. The minimum Gasteiger partial charge on any atom is -0.490 e. The Morgan fingerprint density at radius 2 is 2.03 bits per heavy atom. The van der Waals surface area contributed by atoms with E-state index in [4.69, 9.17) is 43.1 Å². The van der Waals surface area contributed by atoms with E-state index in [9.17, 15) is 5.26 Å². The molecule has 33 heavy (non-hydrogen) atoms. The summed E-state index contributed by atoms with van der Waals surface area (Å²) in [5.74, 6) is 1.11. The molecule has 2 aromatic carbocycles. The Labute approximate surface area is 214 Å². The second-order valence-corrected chi connectivity index (χ2v) is 9.27. The number of nitrogens with zero attached hydrogens (tertiary/aromatic N) is 2. The van der Waals surface area contributed by atoms with Gasteiger partial charge < -0.3 is 19.9 Å². The van der Waals surface area contributed by atoms with Crippen molar-refractivity contribution in [1.29, 1.82) is 5.26 Å². The van der Waals surface area contributed by atoms with Gasteiger partial charge in [0.05, 0.1) is 26.1 Å². The largest absolute Gasteiger partial charge is 0.490 e. The molecule has 170 valence electrons. The molecule has 4 rings (SSSR count). The Balaban J connectivity index is 1.75. The summed E-state index contributed by atoms with van der Waals surface area (Å²) in [4.78, 5) is 0. The van der Waals surface area contributed by atoms with Crippen molar-refractivity contribution in [1.82, 2.24) is 10.2 Å². The molecule has 2 heterocycles. The van der Waals surface area contributed by atoms with Crippen molar-refractivity contribution in [2.45, 2.75) is 26.4 Å². The number of nitriles is 1. The van der Waals surface area contributed by atoms with Crippen LogP contribution in [0.4, 0.5) is 0 Å². The van der Waals surface area contributed by atoms with E-state index in [0.29, 0.717) is 39.6 Å². The number of aromatic amines is 1. The summed E-state index contributed by atoms with van der Waals surface area (Å²) in [6, 6.07) is 11.4. The number of aromatic nitrogens is 2. The molecular weight excluding hydrogens is 578 g/mol. The average molecular weight is 597 g/mol. The third kappa shape index (κ3) is 4.58. The molecule has 1 aromatic heterocycles. The monoisotopic (exact) mass is 596 g/mol. The molecule has 0 aliphatic carbocycles. The van der Waals surface area contributed by atoms with Gasteiger partial charge in [-0.05, 0) is 71.8 Å². The highest BCUT2D eigenvalue weighted by Gasteiger charge is 2.35. The second kappa shape index (κ2) is 9.71. The maximum absolute atomic E-state index is 9.82. The molecule has 3 N–H and O–H groups in total. The molecule has 0 spiro atoms. The summed E-state index contributed by atoms with van der Waals surface area (Å²) in [6.45, 7) is 4.50. The number of ether oxygens (including phenoxy) is 3. The van der Waals surface area contributed by atoms with Crippen LogP contribution in [-0.4, -0.2) is 16.8 Å². The van der Waals surface area contributed by atoms with Crippen LogP contribution in [0.25, 0.3) is 0 Å². The molecule has 0 fully saturated rings. The number of H-pyrrole nitrogens is 1. The fourth-order valence-electron chi connectivity index (χ4n) is 3.67. The first-order valence-electron chi connectivity index (χ1n) is 9.99. The Bertz CT molecular complexity index is 1300. The number of allylic oxidation sites excluding steroid dienone is 1. The van der Waals surface area contributed by atoms with Crippen molar-refractivity contribution in [2.24, 2.45) is 5.73 Å². The van der Waals surface area contributed by atoms with Crippen molar-refractivity contribution in [2.75, 3.05) is 6.61 Å². The van der Waals surface area contributed by atoms with E-state index in [-0.39, 0.29) is 12.5 Å². The minimum atomic E-state index is -0.450. The standard InChI is InChI=1S/C23H19Cl2IN4O3/c1-3-31-18-8-13(20-14(9-27)22(28)33-23-19(20)11(2)29-30-23)7-17(26)21(18)32-10-12-4-5-15(24)16(25)6-12/h4-8,20H,3,10,28H2,1-2H3,(H,29,30)/t20-/m0/s1. The van der Waals surface area contributed by atoms with Crippen LogP contribution >= 0.6 is 45.8 Å². The molecule has 0 unspecified atom stereocenters. The van der Waals surface area contributed by atoms with Crippen molar-refractivity contribution in [3.8, 4) is 23.4 Å². The van der Waals surface area contributed by atoms with Crippen LogP contribution in [0.15, 0.2) is 41.8 Å². The van der Waals surface area contributed by atoms with E-state index in [1.807, 2.05) is 32.0 Å². The summed E-state index contributed by atoms with van der Waals surface area (Å²) in [6.07, 6.45) is 0. The fourth-order valence-corrected chi connectivity index (χ4v) is 4.78. The van der Waals surface area contributed by atoms with Gasteiger partial charge >= 0.3 is 0 Å². The third-order valence-electron chi connectivity index (χ3n) is 5.16. The van der Waals surface area contributed by atoms with Gasteiger partial charge in [-0.3, -0.25) is 5.10 Å². The smallest absolute Gasteiger partial charge is 0.244 e. The van der Waals surface area contributed by atoms with Gasteiger partial charge in [0.1, 0.15) is 18.2 Å². The molecule has 10 heteroatoms. The van der Waals surface area contributed by atoms with Crippen molar-refractivity contribution in [3.05, 3.63) is 77.8 Å². The van der Waals surface area contributed by atoms with Crippen molar-refractivity contribution < 1.29 is 14.2 Å². The number of halogens is 3. The Morgan fingerprint density at radius 3 is 2.73 bits per heavy atom. The van der Waals surface area contributed by atoms with Crippen LogP contribution in [0.2, 0.25) is 10.0 Å². The van der Waals surface area contributed by atoms with E-state index in [1.54, 1.807) is 12.1 Å². The summed E-state index contributed by atoms with van der Waals surface area (Å²) < 4.78 is 18.4. The van der Waals surface area contributed by atoms with Crippen LogP contribution in [-0.2, 0) is 6.61 Å². The lowest BCUT2D eigenvalue weighted by Gasteiger charge is -2.25. The molecule has 7 nitrogen and oxygen atoms in total. The van der Waals surface area contributed by atoms with Gasteiger partial charge in [0.15, 0.2) is 11.5 Å². The topological polar surface area (TPSA) is 106 Å². The van der Waals surface area contributed by atoms with Crippen LogP contribution < -0.4 is 19.9 Å². The predicted molar refractivity (Wildman–Crippen MR) is 134 cm³/mol. The molecular formula is C23H19Cl2IN4O3. The van der Waals surface area contributed by atoms with Crippen LogP contribution in [0.5, 0.6) is 17.4 Å². The zero-order chi connectivity index (χ0) is 23.7. The summed E-state index contributed by atoms with van der Waals surface area (Å²) >= 11 is 14.3. The van der Waals surface area contributed by atoms with Crippen LogP contribution in [0.1, 0.15) is 35.2 Å². The molecule has 0 bridgehead atoms. The highest BCUT2D eigenvalue weighted by Crippen LogP contribution is 2.46. The number of nitrogens with two attached hydrogens (primary N) is 1. The highest BCUT2D eigenvalue weighted by atomic mass is 127. The Kier molecular flexibility index (Phi) is 6.93. The van der Waals surface area contributed by atoms with E-state index < -0.39 is 5.92 Å². The summed E-state index contributed by atoms with van der Waals surface area (Å²) in [5.41, 5.74) is 9.61. The fraction of sp³-hybridized carbons (Fsp3) is 0.217. The maximum atomic E-state index is 9.82. The summed E-state index contributed by atoms with van der Waals surface area (Å²) in [7, 11) is 0.